The summed E-state index contributed by atoms with van der Waals surface area (Å²) >= 11 is 0. The summed E-state index contributed by atoms with van der Waals surface area (Å²) < 4.78 is 154. The highest BCUT2D eigenvalue weighted by Crippen LogP contribution is 2.43. The number of amides is 5. The van der Waals surface area contributed by atoms with Gasteiger partial charge in [0.25, 0.3) is 5.91 Å². The van der Waals surface area contributed by atoms with Crippen LogP contribution in [0.4, 0.5) is 0 Å². The van der Waals surface area contributed by atoms with Crippen molar-refractivity contribution in [2.75, 3.05) is 132 Å². The van der Waals surface area contributed by atoms with Crippen LogP contribution in [0.5, 0.6) is 23.0 Å². The van der Waals surface area contributed by atoms with E-state index in [9.17, 15) is 115 Å². The van der Waals surface area contributed by atoms with Gasteiger partial charge in [-0.15, -0.1) is 0 Å². The van der Waals surface area contributed by atoms with Crippen molar-refractivity contribution in [3.05, 3.63) is 165 Å². The van der Waals surface area contributed by atoms with Crippen molar-refractivity contribution < 1.29 is 168 Å². The fourth-order valence-corrected chi connectivity index (χ4v) is 17.6. The summed E-state index contributed by atoms with van der Waals surface area (Å²) in [7, 11) is -21.5. The average Bonchev–Trinajstić information content (AvgIpc) is 0.754. The quantitative estimate of drug-likeness (QED) is 0.0158. The zero-order valence-corrected chi connectivity index (χ0v) is 70.4. The normalized spacial score (nSPS) is 12.9. The molecule has 9 rings (SSSR count). The Balaban J connectivity index is 1.38. The van der Waals surface area contributed by atoms with E-state index < -0.39 is 354 Å². The zero-order valence-electron chi connectivity index (χ0n) is 67.2. The van der Waals surface area contributed by atoms with Gasteiger partial charge >= 0.3 is 17.9 Å². The van der Waals surface area contributed by atoms with E-state index in [0.29, 0.717) is 17.7 Å². The van der Waals surface area contributed by atoms with Gasteiger partial charge in [-0.2, -0.15) is 0 Å². The van der Waals surface area contributed by atoms with Gasteiger partial charge in [-0.25, -0.2) is 66.9 Å². The second-order valence-electron chi connectivity index (χ2n) is 29.6. The van der Waals surface area contributed by atoms with Crippen molar-refractivity contribution in [2.24, 2.45) is 0 Å². The molecule has 44 nitrogen and oxygen atoms in total. The van der Waals surface area contributed by atoms with Crippen LogP contribution in [-0.4, -0.2) is 312 Å². The standard InChI is InChI=1S/C79H93N9O35S4/c89-33-76(34-90,35-91)85-64(101)25-81-124(112,113)56-16-48-12-50-18-57(125(114,115)82-26-65(102)86-77(36-92,37-93)38-94)20-52(73(50)121-30-69(106)107)14-54-22-59(127(118,119)84-28-67(104)88-79(42-98,43-99)44-100)23-55(75(54)123-32-71(110)111)15-53-21-58(126(116,117)83-27-66(103)87-78(39-95,40-96)41-97)19-51(74(53)122-31-70(108)109)13-49(17-56)72(48)120-29-68(105)80-24-45-5-6-47-8-9-61-60-4-2-1-3-46(60)7-10-62(61)63(47)11-45/h1-11,16-23,81-84,89-100H,12-15,24-44H2,(H,80,105)(H,85,101)(H,86,102)(H,87,103)(H,88,104)(H,106,107)(H,108,109)(H,110,111). The van der Waals surface area contributed by atoms with E-state index >= 15 is 33.7 Å². The van der Waals surface area contributed by atoms with Gasteiger partial charge < -0.3 is 122 Å². The highest BCUT2D eigenvalue weighted by molar-refractivity contribution is 7.90. The number of rotatable bonds is 46. The largest absolute Gasteiger partial charge is 0.483 e. The lowest BCUT2D eigenvalue weighted by Crippen LogP contribution is -2.58. The van der Waals surface area contributed by atoms with E-state index in [0.717, 1.165) is 68.7 Å². The Labute approximate surface area is 723 Å². The minimum absolute atomic E-state index is 0.242. The molecular formula is C79H93N9O35S4. The first-order valence-corrected chi connectivity index (χ1v) is 44.0. The maximum atomic E-state index is 15.3. The Morgan fingerprint density at radius 2 is 0.535 bits per heavy atom. The number of carbonyl (C=O) groups excluding carboxylic acids is 5. The smallest absolute Gasteiger partial charge is 0.341 e. The molecule has 24 N–H and O–H groups in total. The molecule has 0 spiro atoms. The fraction of sp³-hybridized carbons (Fsp3) is 0.367. The van der Waals surface area contributed by atoms with E-state index in [2.05, 4.69) is 26.6 Å². The minimum Gasteiger partial charge on any atom is -0.483 e. The summed E-state index contributed by atoms with van der Waals surface area (Å²) in [6, 6.07) is 26.6. The van der Waals surface area contributed by atoms with Crippen LogP contribution in [0.15, 0.2) is 135 Å². The number of aliphatic hydroxyl groups excluding tert-OH is 12. The van der Waals surface area contributed by atoms with Crippen molar-refractivity contribution in [1.29, 1.82) is 0 Å². The van der Waals surface area contributed by atoms with Crippen molar-refractivity contribution >= 4 is 120 Å². The number of carboxylic acid groups (broad SMARTS) is 3. The molecule has 8 bridgehead atoms. The van der Waals surface area contributed by atoms with Gasteiger partial charge in [-0.05, 0) is 92.5 Å². The summed E-state index contributed by atoms with van der Waals surface area (Å²) in [5.74, 6) is -14.6. The number of carbonyl (C=O) groups is 8. The maximum absolute atomic E-state index is 15.3. The molecule has 0 aliphatic heterocycles. The summed E-state index contributed by atoms with van der Waals surface area (Å²) in [6.45, 7) is -24.3. The zero-order chi connectivity index (χ0) is 93.2. The number of fused-ring (bicyclic) bond motifs is 13. The van der Waals surface area contributed by atoms with E-state index in [-0.39, 0.29) is 6.54 Å². The number of ether oxygens (including phenoxy) is 4. The van der Waals surface area contributed by atoms with Gasteiger partial charge in [0.1, 0.15) is 45.2 Å². The molecule has 48 heteroatoms. The molecule has 0 fully saturated rings. The van der Waals surface area contributed by atoms with E-state index in [1.54, 1.807) is 12.1 Å². The lowest BCUT2D eigenvalue weighted by Gasteiger charge is -2.28. The number of aliphatic hydroxyl groups is 12. The third kappa shape index (κ3) is 24.5. The van der Waals surface area contributed by atoms with Crippen LogP contribution in [0.3, 0.4) is 0 Å². The van der Waals surface area contributed by atoms with Gasteiger partial charge in [0.15, 0.2) is 26.4 Å². The van der Waals surface area contributed by atoms with Gasteiger partial charge in [-0.3, -0.25) is 24.0 Å². The van der Waals surface area contributed by atoms with Gasteiger partial charge in [0, 0.05) is 76.7 Å². The number of benzene rings is 8. The minimum atomic E-state index is -5.39. The predicted octanol–water partition coefficient (Wildman–Crippen LogP) is -6.65. The van der Waals surface area contributed by atoms with Crippen molar-refractivity contribution in [1.82, 2.24) is 45.5 Å². The van der Waals surface area contributed by atoms with Gasteiger partial charge in [0.05, 0.1) is 125 Å². The molecule has 1 aliphatic carbocycles. The number of carboxylic acids is 3. The monoisotopic (exact) mass is 1860 g/mol. The topological polar surface area (TPSA) is 722 Å². The van der Waals surface area contributed by atoms with E-state index in [1.807, 2.05) is 73.5 Å². The lowest BCUT2D eigenvalue weighted by atomic mass is 9.91. The molecule has 1 aliphatic rings. The maximum Gasteiger partial charge on any atom is 0.341 e. The van der Waals surface area contributed by atoms with Crippen LogP contribution in [-0.2, 0) is 111 Å². The number of hydrogen-bond acceptors (Lipinski definition) is 32. The van der Waals surface area contributed by atoms with Crippen molar-refractivity contribution in [2.45, 2.75) is 74.0 Å². The number of sulfonamides is 4. The third-order valence-corrected chi connectivity index (χ3v) is 25.8. The van der Waals surface area contributed by atoms with Crippen LogP contribution in [0, 0.1) is 0 Å². The molecule has 8 aromatic rings. The molecule has 0 atom stereocenters. The first-order valence-electron chi connectivity index (χ1n) is 38.1. The molecule has 0 unspecified atom stereocenters. The van der Waals surface area contributed by atoms with E-state index in [4.69, 9.17) is 18.9 Å². The first kappa shape index (κ1) is 99.4. The average molecular weight is 1860 g/mol. The lowest BCUT2D eigenvalue weighted by molar-refractivity contribution is -0.140. The van der Waals surface area contributed by atoms with Gasteiger partial charge in [-0.1, -0.05) is 60.7 Å². The summed E-state index contributed by atoms with van der Waals surface area (Å²) in [5.41, 5.74) is -13.2. The molecule has 8 aromatic carbocycles. The Morgan fingerprint density at radius 1 is 0.291 bits per heavy atom. The van der Waals surface area contributed by atoms with Crippen molar-refractivity contribution in [3.8, 4) is 23.0 Å². The number of nitrogens with one attached hydrogen (secondary N) is 9. The number of hydrogen-bond donors (Lipinski definition) is 24. The Hall–Kier alpha value is -11.3. The highest BCUT2D eigenvalue weighted by atomic mass is 32.2. The fourth-order valence-electron chi connectivity index (χ4n) is 13.3. The highest BCUT2D eigenvalue weighted by Gasteiger charge is 2.38. The predicted molar refractivity (Wildman–Crippen MR) is 442 cm³/mol. The van der Waals surface area contributed by atoms with Crippen LogP contribution in [0.2, 0.25) is 0 Å². The molecule has 5 amide bonds. The summed E-state index contributed by atoms with van der Waals surface area (Å²) in [4.78, 5) is 104. The Bertz CT molecular complexity index is 5750. The molecule has 127 heavy (non-hydrogen) atoms. The molecule has 0 saturated carbocycles. The first-order chi connectivity index (χ1) is 60.1. The third-order valence-electron chi connectivity index (χ3n) is 20.2. The second kappa shape index (κ2) is 42.5. The van der Waals surface area contributed by atoms with E-state index in [1.165, 1.54) is 0 Å². The Morgan fingerprint density at radius 3 is 0.803 bits per heavy atom. The molecule has 0 aromatic heterocycles. The molecule has 0 heterocycles. The molecule has 688 valence electrons. The summed E-state index contributed by atoms with van der Waals surface area (Å²) in [6.07, 6.45) is -4.52. The second-order valence-corrected chi connectivity index (χ2v) is 36.7. The van der Waals surface area contributed by atoms with Crippen LogP contribution in [0.25, 0.3) is 32.3 Å². The van der Waals surface area contributed by atoms with Crippen LogP contribution >= 0.6 is 0 Å². The van der Waals surface area contributed by atoms with Crippen LogP contribution in [0.1, 0.15) is 50.1 Å². The van der Waals surface area contributed by atoms with Crippen LogP contribution < -0.4 is 64.4 Å². The van der Waals surface area contributed by atoms with Gasteiger partial charge in [0.2, 0.25) is 63.7 Å². The molecular weight excluding hydrogens is 1760 g/mol. The molecule has 0 saturated heterocycles. The Kier molecular flexibility index (Phi) is 33.3. The number of aliphatic carboxylic acids is 3. The van der Waals surface area contributed by atoms with Crippen molar-refractivity contribution in [3.63, 3.8) is 0 Å². The summed E-state index contributed by atoms with van der Waals surface area (Å²) in [5, 5.41) is 168. The molecule has 0 radical (unpaired) electrons. The SMILES string of the molecule is O=C(O)COc1c2cc(S(=O)(=O)NCC(=O)NC(CO)(CO)CO)cc1Cc1cc(S(=O)(=O)NCC(=O)NC(CO)(CO)CO)cc(c1OCC(=O)O)Cc1cc(S(=O)(=O)NCC(=O)NC(CO)(CO)CO)cc(c1OCC(=O)NCc1ccc3ccc4c5ccccc5ccc4c3c1)Cc1cc(S(=O)(=O)NCC(=O)NC(CO)(CO)CO)cc(c1OCC(=O)O)C2.